The molecule has 0 aliphatic rings. The Morgan fingerprint density at radius 1 is 1.43 bits per heavy atom. The summed E-state index contributed by atoms with van der Waals surface area (Å²) in [6.07, 6.45) is 0. The number of nitrogens with one attached hydrogen (secondary N) is 1. The van der Waals surface area contributed by atoms with E-state index in [0.717, 1.165) is 0 Å². The number of nitrogens with zero attached hydrogens (tertiary/aromatic N) is 4. The molecular formula is C13H12N6O2. The number of primary amides is 1. The molecule has 1 heterocycles. The lowest BCUT2D eigenvalue weighted by Gasteiger charge is -2.09. The summed E-state index contributed by atoms with van der Waals surface area (Å²) in [5.41, 5.74) is 6.45. The SMILES string of the molecule is Cc1c(C#N)nnn1CC(=O)Nc1ccccc1C(N)=O. The fourth-order valence-electron chi connectivity index (χ4n) is 1.75. The summed E-state index contributed by atoms with van der Waals surface area (Å²) in [7, 11) is 0. The third-order valence-corrected chi connectivity index (χ3v) is 2.85. The number of amides is 2. The highest BCUT2D eigenvalue weighted by Gasteiger charge is 2.13. The van der Waals surface area contributed by atoms with Gasteiger partial charge < -0.3 is 11.1 Å². The quantitative estimate of drug-likeness (QED) is 0.828. The van der Waals surface area contributed by atoms with Gasteiger partial charge in [0.05, 0.1) is 16.9 Å². The number of nitrogens with two attached hydrogens (primary N) is 1. The summed E-state index contributed by atoms with van der Waals surface area (Å²) >= 11 is 0. The van der Waals surface area contributed by atoms with E-state index in [9.17, 15) is 9.59 Å². The lowest BCUT2D eigenvalue weighted by molar-refractivity contribution is -0.117. The second-order valence-corrected chi connectivity index (χ2v) is 4.25. The Balaban J connectivity index is 2.14. The van der Waals surface area contributed by atoms with E-state index in [0.29, 0.717) is 11.4 Å². The molecular weight excluding hydrogens is 272 g/mol. The van der Waals surface area contributed by atoms with Crippen LogP contribution in [0.4, 0.5) is 5.69 Å². The Kier molecular flexibility index (Phi) is 3.95. The van der Waals surface area contributed by atoms with Gasteiger partial charge >= 0.3 is 0 Å². The molecule has 2 aromatic rings. The van der Waals surface area contributed by atoms with E-state index in [1.165, 1.54) is 10.7 Å². The molecule has 8 heteroatoms. The maximum Gasteiger partial charge on any atom is 0.250 e. The van der Waals surface area contributed by atoms with E-state index in [1.54, 1.807) is 25.1 Å². The summed E-state index contributed by atoms with van der Waals surface area (Å²) in [4.78, 5) is 23.2. The maximum absolute atomic E-state index is 12.0. The predicted octanol–water partition coefficient (Wildman–Crippen LogP) is 0.196. The molecule has 106 valence electrons. The third-order valence-electron chi connectivity index (χ3n) is 2.85. The minimum Gasteiger partial charge on any atom is -0.366 e. The number of nitriles is 1. The topological polar surface area (TPSA) is 127 Å². The van der Waals surface area contributed by atoms with Crippen molar-refractivity contribution in [1.29, 1.82) is 5.26 Å². The average molecular weight is 284 g/mol. The minimum absolute atomic E-state index is 0.117. The molecule has 0 spiro atoms. The van der Waals surface area contributed by atoms with Crippen molar-refractivity contribution in [2.75, 3.05) is 5.32 Å². The first-order chi connectivity index (χ1) is 10.0. The highest BCUT2D eigenvalue weighted by Crippen LogP contribution is 2.14. The van der Waals surface area contributed by atoms with E-state index < -0.39 is 11.8 Å². The maximum atomic E-state index is 12.0. The van der Waals surface area contributed by atoms with Crippen LogP contribution in [0.25, 0.3) is 0 Å². The molecule has 0 radical (unpaired) electrons. The van der Waals surface area contributed by atoms with Gasteiger partial charge in [-0.05, 0) is 19.1 Å². The molecule has 2 amide bonds. The molecule has 0 saturated heterocycles. The lowest BCUT2D eigenvalue weighted by Crippen LogP contribution is -2.22. The number of hydrogen-bond acceptors (Lipinski definition) is 5. The van der Waals surface area contributed by atoms with Crippen LogP contribution in [0.2, 0.25) is 0 Å². The molecule has 1 aromatic carbocycles. The molecule has 1 aromatic heterocycles. The first kappa shape index (κ1) is 14.2. The Morgan fingerprint density at radius 3 is 2.76 bits per heavy atom. The van der Waals surface area contributed by atoms with Gasteiger partial charge in [0.1, 0.15) is 12.6 Å². The molecule has 0 fully saturated rings. The Morgan fingerprint density at radius 2 is 2.14 bits per heavy atom. The number of aromatic nitrogens is 3. The molecule has 0 aliphatic carbocycles. The number of benzene rings is 1. The number of carbonyl (C=O) groups is 2. The van der Waals surface area contributed by atoms with Crippen molar-refractivity contribution in [3.05, 3.63) is 41.2 Å². The van der Waals surface area contributed by atoms with Gasteiger partial charge in [0.15, 0.2) is 5.69 Å². The molecule has 3 N–H and O–H groups in total. The Hall–Kier alpha value is -3.21. The van der Waals surface area contributed by atoms with E-state index in [2.05, 4.69) is 15.6 Å². The van der Waals surface area contributed by atoms with Gasteiger partial charge in [0.2, 0.25) is 5.91 Å². The molecule has 0 bridgehead atoms. The first-order valence-corrected chi connectivity index (χ1v) is 6.01. The van der Waals surface area contributed by atoms with Crippen LogP contribution in [-0.2, 0) is 11.3 Å². The van der Waals surface area contributed by atoms with Crippen LogP contribution in [0.15, 0.2) is 24.3 Å². The third kappa shape index (κ3) is 3.03. The summed E-state index contributed by atoms with van der Waals surface area (Å²) in [5.74, 6) is -1.03. The van der Waals surface area contributed by atoms with Gasteiger partial charge in [-0.1, -0.05) is 17.3 Å². The van der Waals surface area contributed by atoms with Crippen molar-refractivity contribution >= 4 is 17.5 Å². The summed E-state index contributed by atoms with van der Waals surface area (Å²) in [5, 5.41) is 18.7. The molecule has 0 atom stereocenters. The van der Waals surface area contributed by atoms with Crippen molar-refractivity contribution in [1.82, 2.24) is 15.0 Å². The molecule has 0 aliphatic heterocycles. The minimum atomic E-state index is -0.630. The van der Waals surface area contributed by atoms with Crippen LogP contribution in [0.1, 0.15) is 21.7 Å². The molecule has 0 saturated carbocycles. The second-order valence-electron chi connectivity index (χ2n) is 4.25. The van der Waals surface area contributed by atoms with Crippen LogP contribution < -0.4 is 11.1 Å². The van der Waals surface area contributed by atoms with Gasteiger partial charge in [-0.3, -0.25) is 9.59 Å². The number of rotatable bonds is 4. The van der Waals surface area contributed by atoms with Crippen molar-refractivity contribution in [3.63, 3.8) is 0 Å². The molecule has 0 unspecified atom stereocenters. The average Bonchev–Trinajstić information content (AvgIpc) is 2.79. The fourth-order valence-corrected chi connectivity index (χ4v) is 1.75. The number of para-hydroxylation sites is 1. The smallest absolute Gasteiger partial charge is 0.250 e. The number of hydrogen-bond donors (Lipinski definition) is 2. The largest absolute Gasteiger partial charge is 0.366 e. The van der Waals surface area contributed by atoms with E-state index in [4.69, 9.17) is 11.0 Å². The first-order valence-electron chi connectivity index (χ1n) is 6.01. The van der Waals surface area contributed by atoms with Gasteiger partial charge in [0, 0.05) is 0 Å². The summed E-state index contributed by atoms with van der Waals surface area (Å²) < 4.78 is 1.31. The monoisotopic (exact) mass is 284 g/mol. The van der Waals surface area contributed by atoms with Crippen molar-refractivity contribution in [3.8, 4) is 6.07 Å². The van der Waals surface area contributed by atoms with E-state index >= 15 is 0 Å². The van der Waals surface area contributed by atoms with Gasteiger partial charge in [-0.15, -0.1) is 5.10 Å². The summed E-state index contributed by atoms with van der Waals surface area (Å²) in [6, 6.07) is 8.30. The van der Waals surface area contributed by atoms with Gasteiger partial charge in [-0.2, -0.15) is 5.26 Å². The van der Waals surface area contributed by atoms with Gasteiger partial charge in [0.25, 0.3) is 5.91 Å². The Labute approximate surface area is 120 Å². The normalized spacial score (nSPS) is 9.90. The summed E-state index contributed by atoms with van der Waals surface area (Å²) in [6.45, 7) is 1.52. The number of carbonyl (C=O) groups excluding carboxylic acids is 2. The fraction of sp³-hybridized carbons (Fsp3) is 0.154. The lowest BCUT2D eigenvalue weighted by atomic mass is 10.1. The van der Waals surface area contributed by atoms with Crippen molar-refractivity contribution in [2.45, 2.75) is 13.5 Å². The zero-order chi connectivity index (χ0) is 15.4. The van der Waals surface area contributed by atoms with E-state index in [-0.39, 0.29) is 17.8 Å². The molecule has 8 nitrogen and oxygen atoms in total. The zero-order valence-corrected chi connectivity index (χ0v) is 11.2. The molecule has 2 rings (SSSR count). The van der Waals surface area contributed by atoms with Crippen LogP contribution in [0, 0.1) is 18.3 Å². The highest BCUT2D eigenvalue weighted by atomic mass is 16.2. The molecule has 21 heavy (non-hydrogen) atoms. The standard InChI is InChI=1S/C13H12N6O2/c1-8-11(6-14)17-18-19(8)7-12(20)16-10-5-3-2-4-9(10)13(15)21/h2-5H,7H2,1H3,(H2,15,21)(H,16,20). The van der Waals surface area contributed by atoms with Crippen molar-refractivity contribution < 1.29 is 9.59 Å². The van der Waals surface area contributed by atoms with Crippen LogP contribution in [0.5, 0.6) is 0 Å². The van der Waals surface area contributed by atoms with Crippen molar-refractivity contribution in [2.24, 2.45) is 5.73 Å². The van der Waals surface area contributed by atoms with Crippen LogP contribution >= 0.6 is 0 Å². The second kappa shape index (κ2) is 5.83. The zero-order valence-electron chi connectivity index (χ0n) is 11.2. The highest BCUT2D eigenvalue weighted by molar-refractivity contribution is 6.02. The van der Waals surface area contributed by atoms with Gasteiger partial charge in [-0.25, -0.2) is 4.68 Å². The van der Waals surface area contributed by atoms with Crippen LogP contribution in [-0.4, -0.2) is 26.8 Å². The van der Waals surface area contributed by atoms with Crippen LogP contribution in [0.3, 0.4) is 0 Å². The number of anilines is 1. The Bertz CT molecular complexity index is 743. The predicted molar refractivity (Wildman–Crippen MR) is 73.1 cm³/mol. The van der Waals surface area contributed by atoms with E-state index in [1.807, 2.05) is 6.07 Å².